The molecule has 0 aromatic heterocycles. The smallest absolute Gasteiger partial charge is 0.234 e. The Labute approximate surface area is 98.7 Å². The lowest BCUT2D eigenvalue weighted by atomic mass is 10.2. The van der Waals surface area contributed by atoms with Crippen LogP contribution in [0.4, 0.5) is 4.39 Å². The molecular weight excluding hydrogens is 310 g/mol. The average molecular weight is 324 g/mol. The van der Waals surface area contributed by atoms with Crippen molar-refractivity contribution in [2.45, 2.75) is 6.92 Å². The van der Waals surface area contributed by atoms with E-state index in [1.54, 1.807) is 0 Å². The van der Waals surface area contributed by atoms with Gasteiger partial charge in [-0.2, -0.15) is 4.39 Å². The first-order chi connectivity index (χ1) is 7.20. The lowest BCUT2D eigenvalue weighted by molar-refractivity contribution is 0.789. The van der Waals surface area contributed by atoms with Crippen molar-refractivity contribution in [1.82, 2.24) is 5.32 Å². The quantitative estimate of drug-likeness (QED) is 0.764. The van der Waals surface area contributed by atoms with Gasteiger partial charge in [-0.25, -0.2) is 0 Å². The monoisotopic (exact) mass is 324 g/mol. The van der Waals surface area contributed by atoms with Crippen molar-refractivity contribution >= 4 is 32.7 Å². The predicted molar refractivity (Wildman–Crippen MR) is 69.1 cm³/mol. The fraction of sp³-hybridized carbons (Fsp3) is 0.556. The van der Waals surface area contributed by atoms with Crippen molar-refractivity contribution < 1.29 is 4.39 Å². The molecule has 0 unspecified atom stereocenters. The van der Waals surface area contributed by atoms with Crippen LogP contribution in [-0.2, 0) is 0 Å². The van der Waals surface area contributed by atoms with E-state index in [-0.39, 0.29) is 0 Å². The summed E-state index contributed by atoms with van der Waals surface area (Å²) in [7, 11) is 1.83. The van der Waals surface area contributed by atoms with Gasteiger partial charge in [0.15, 0.2) is 0 Å². The summed E-state index contributed by atoms with van der Waals surface area (Å²) in [5.41, 5.74) is 1.31. The van der Waals surface area contributed by atoms with Gasteiger partial charge < -0.3 is 5.32 Å². The van der Waals surface area contributed by atoms with Gasteiger partial charge in [0.2, 0.25) is 5.97 Å². The highest BCUT2D eigenvalue weighted by atomic mass is 127. The molecule has 0 fully saturated rings. The Bertz CT molecular complexity index is 346. The molecule has 2 N–H and O–H groups in total. The molecule has 0 aromatic rings. The number of halogens is 2. The summed E-state index contributed by atoms with van der Waals surface area (Å²) >= 11 is -0.926. The molecule has 0 bridgehead atoms. The minimum Gasteiger partial charge on any atom is -0.316 e. The van der Waals surface area contributed by atoms with E-state index in [1.165, 1.54) is 0 Å². The molecule has 84 valence electrons. The van der Waals surface area contributed by atoms with E-state index < -0.39 is 27.0 Å². The molecule has 1 aliphatic heterocycles. The third-order valence-corrected chi connectivity index (χ3v) is 3.91. The van der Waals surface area contributed by atoms with Crippen LogP contribution in [0.5, 0.6) is 0 Å². The third kappa shape index (κ3) is 3.23. The molecular formula is C9H14FIN4. The van der Waals surface area contributed by atoms with Gasteiger partial charge in [-0.3, -0.25) is 13.5 Å². The van der Waals surface area contributed by atoms with E-state index in [4.69, 9.17) is 3.56 Å². The Morgan fingerprint density at radius 1 is 1.53 bits per heavy atom. The van der Waals surface area contributed by atoms with Crippen LogP contribution < -0.4 is 5.32 Å². The molecule has 0 amide bonds. The minimum atomic E-state index is -0.926. The summed E-state index contributed by atoms with van der Waals surface area (Å²) < 4.78 is 21.7. The number of likely N-dealkylation sites (N-methyl/N-ethyl adjacent to an activating group) is 1. The topological polar surface area (TPSA) is 60.6 Å². The standard InChI is InChI=1S/C9H14FIN4/c1-6(5-13-2)7(11-12)8-9(10)15-4-3-14-8/h12-13H,3-5H2,1-2H3/b7-6+. The van der Waals surface area contributed by atoms with E-state index in [9.17, 15) is 4.39 Å². The molecule has 0 aliphatic carbocycles. The number of nitrogens with zero attached hydrogens (tertiary/aromatic N) is 2. The maximum absolute atomic E-state index is 13.4. The normalized spacial score (nSPS) is 18.1. The summed E-state index contributed by atoms with van der Waals surface area (Å²) in [5, 5.41) is 3.00. The largest absolute Gasteiger partial charge is 0.316 e. The number of aliphatic imine (C=N–C) groups is 2. The second-order valence-corrected chi connectivity index (χ2v) is 4.74. The zero-order valence-corrected chi connectivity index (χ0v) is 10.9. The predicted octanol–water partition coefficient (Wildman–Crippen LogP) is 2.04. The highest BCUT2D eigenvalue weighted by Gasteiger charge is 2.17. The number of nitrogens with one attached hydrogen (secondary N) is 2. The molecule has 1 aliphatic rings. The molecule has 0 aromatic carbocycles. The zero-order chi connectivity index (χ0) is 11.3. The van der Waals surface area contributed by atoms with Crippen molar-refractivity contribution in [2.75, 3.05) is 26.7 Å². The lowest BCUT2D eigenvalue weighted by Crippen LogP contribution is -2.19. The van der Waals surface area contributed by atoms with Crippen LogP contribution >= 0.6 is 21.0 Å². The molecule has 0 atom stereocenters. The van der Waals surface area contributed by atoms with E-state index in [0.29, 0.717) is 25.3 Å². The second kappa shape index (κ2) is 6.16. The maximum atomic E-state index is 13.4. The van der Waals surface area contributed by atoms with Gasteiger partial charge in [0.1, 0.15) is 5.71 Å². The maximum Gasteiger partial charge on any atom is 0.234 e. The fourth-order valence-corrected chi connectivity index (χ4v) is 2.58. The van der Waals surface area contributed by atoms with E-state index >= 15 is 0 Å². The fourth-order valence-electron chi connectivity index (χ4n) is 1.28. The Kier molecular flexibility index (Phi) is 5.16. The van der Waals surface area contributed by atoms with Gasteiger partial charge in [-0.15, -0.1) is 0 Å². The number of rotatable bonds is 4. The van der Waals surface area contributed by atoms with Crippen LogP contribution in [0.1, 0.15) is 6.92 Å². The molecule has 0 spiro atoms. The number of hydrogen-bond donors (Lipinski definition) is 2. The highest BCUT2D eigenvalue weighted by Crippen LogP contribution is 2.22. The van der Waals surface area contributed by atoms with Gasteiger partial charge in [-0.1, -0.05) is 0 Å². The van der Waals surface area contributed by atoms with E-state index in [1.807, 2.05) is 14.0 Å². The molecule has 1 heterocycles. The van der Waals surface area contributed by atoms with Crippen LogP contribution in [0.25, 0.3) is 0 Å². The van der Waals surface area contributed by atoms with Gasteiger partial charge in [-0.05, 0) is 19.5 Å². The lowest BCUT2D eigenvalue weighted by Gasteiger charge is -2.11. The highest BCUT2D eigenvalue weighted by molar-refractivity contribution is 14.2. The van der Waals surface area contributed by atoms with E-state index in [2.05, 4.69) is 15.3 Å². The van der Waals surface area contributed by atoms with Crippen molar-refractivity contribution in [3.05, 3.63) is 9.15 Å². The average Bonchev–Trinajstić information content (AvgIpc) is 2.22. The van der Waals surface area contributed by atoms with Crippen molar-refractivity contribution in [3.8, 4) is 0 Å². The van der Waals surface area contributed by atoms with E-state index in [0.717, 1.165) is 9.15 Å². The molecule has 1 rings (SSSR count). The molecule has 0 radical (unpaired) electrons. The molecule has 0 saturated heterocycles. The first-order valence-electron chi connectivity index (χ1n) is 4.60. The van der Waals surface area contributed by atoms with Crippen molar-refractivity contribution in [3.63, 3.8) is 0 Å². The summed E-state index contributed by atoms with van der Waals surface area (Å²) in [4.78, 5) is 7.84. The molecule has 4 nitrogen and oxygen atoms in total. The van der Waals surface area contributed by atoms with Gasteiger partial charge in [0, 0.05) is 27.6 Å². The number of hydrogen-bond acceptors (Lipinski definition) is 4. The molecule has 6 heteroatoms. The summed E-state index contributed by atoms with van der Waals surface area (Å²) in [6.45, 7) is 3.53. The Balaban J connectivity index is 3.02. The summed E-state index contributed by atoms with van der Waals surface area (Å²) in [6, 6.07) is 0. The Morgan fingerprint density at radius 3 is 2.73 bits per heavy atom. The van der Waals surface area contributed by atoms with Crippen molar-refractivity contribution in [2.24, 2.45) is 9.98 Å². The second-order valence-electron chi connectivity index (χ2n) is 3.12. The summed E-state index contributed by atoms with van der Waals surface area (Å²) in [6.07, 6.45) is 0. The van der Waals surface area contributed by atoms with Crippen LogP contribution in [0.2, 0.25) is 0 Å². The van der Waals surface area contributed by atoms with Gasteiger partial charge in [0.25, 0.3) is 0 Å². The van der Waals surface area contributed by atoms with Crippen molar-refractivity contribution in [1.29, 1.82) is 3.56 Å². The van der Waals surface area contributed by atoms with Crippen LogP contribution in [-0.4, -0.2) is 38.4 Å². The van der Waals surface area contributed by atoms with Gasteiger partial charge in [0.05, 0.1) is 16.7 Å². The number of allylic oxidation sites excluding steroid dienone is 1. The molecule has 15 heavy (non-hydrogen) atoms. The summed E-state index contributed by atoms with van der Waals surface area (Å²) in [5.74, 6) is -0.501. The van der Waals surface area contributed by atoms with Gasteiger partial charge >= 0.3 is 0 Å². The Hall–Kier alpha value is -0.500. The van der Waals surface area contributed by atoms with Crippen LogP contribution in [0, 0.1) is 3.56 Å². The first kappa shape index (κ1) is 12.6. The molecule has 0 saturated carbocycles. The SMILES string of the molecule is CNC/C(C)=C(/I=N)C1=NCCN=C1F. The third-order valence-electron chi connectivity index (χ3n) is 1.93. The van der Waals surface area contributed by atoms with Crippen LogP contribution in [0.3, 0.4) is 0 Å². The minimum absolute atomic E-state index is 0.316. The first-order valence-corrected chi connectivity index (χ1v) is 6.76. The Morgan fingerprint density at radius 2 is 2.20 bits per heavy atom. The van der Waals surface area contributed by atoms with Crippen LogP contribution in [0.15, 0.2) is 19.1 Å². The zero-order valence-electron chi connectivity index (χ0n) is 8.77.